The lowest BCUT2D eigenvalue weighted by molar-refractivity contribution is 0.339. The standard InChI is InChI=1S/C15H17NO4/c1-19-13-7-10(8-14(20-2)15(13)18)9-16-11-3-5-12(17)6-4-11/h3-8,16-18H,9H2,1-2H3. The van der Waals surface area contributed by atoms with Crippen molar-refractivity contribution < 1.29 is 19.7 Å². The molecule has 0 spiro atoms. The van der Waals surface area contributed by atoms with E-state index in [1.54, 1.807) is 36.4 Å². The molecule has 0 aliphatic rings. The predicted octanol–water partition coefficient (Wildman–Crippen LogP) is 2.73. The van der Waals surface area contributed by atoms with Gasteiger partial charge in [0.1, 0.15) is 5.75 Å². The highest BCUT2D eigenvalue weighted by Crippen LogP contribution is 2.37. The molecule has 0 unspecified atom stereocenters. The number of methoxy groups -OCH3 is 2. The first-order valence-electron chi connectivity index (χ1n) is 6.11. The van der Waals surface area contributed by atoms with Crippen molar-refractivity contribution in [2.45, 2.75) is 6.54 Å². The van der Waals surface area contributed by atoms with Gasteiger partial charge in [0.2, 0.25) is 5.75 Å². The molecular weight excluding hydrogens is 258 g/mol. The third kappa shape index (κ3) is 3.06. The van der Waals surface area contributed by atoms with E-state index in [2.05, 4.69) is 5.32 Å². The summed E-state index contributed by atoms with van der Waals surface area (Å²) in [7, 11) is 2.98. The van der Waals surface area contributed by atoms with Gasteiger partial charge < -0.3 is 25.0 Å². The smallest absolute Gasteiger partial charge is 0.200 e. The van der Waals surface area contributed by atoms with Gasteiger partial charge in [-0.3, -0.25) is 0 Å². The van der Waals surface area contributed by atoms with Crippen LogP contribution in [0.3, 0.4) is 0 Å². The molecule has 5 heteroatoms. The van der Waals surface area contributed by atoms with E-state index >= 15 is 0 Å². The summed E-state index contributed by atoms with van der Waals surface area (Å²) in [5, 5.41) is 22.3. The maximum Gasteiger partial charge on any atom is 0.200 e. The summed E-state index contributed by atoms with van der Waals surface area (Å²) in [5.41, 5.74) is 1.79. The molecule has 20 heavy (non-hydrogen) atoms. The van der Waals surface area contributed by atoms with Crippen molar-refractivity contribution in [3.63, 3.8) is 0 Å². The van der Waals surface area contributed by atoms with Gasteiger partial charge in [0.15, 0.2) is 11.5 Å². The maximum absolute atomic E-state index is 9.83. The fourth-order valence-corrected chi connectivity index (χ4v) is 1.83. The normalized spacial score (nSPS) is 10.1. The highest BCUT2D eigenvalue weighted by atomic mass is 16.5. The van der Waals surface area contributed by atoms with E-state index in [0.29, 0.717) is 18.0 Å². The van der Waals surface area contributed by atoms with Crippen LogP contribution in [0.25, 0.3) is 0 Å². The Morgan fingerprint density at radius 2 is 1.50 bits per heavy atom. The second-order valence-electron chi connectivity index (χ2n) is 4.25. The summed E-state index contributed by atoms with van der Waals surface area (Å²) in [6.07, 6.45) is 0. The fraction of sp³-hybridized carbons (Fsp3) is 0.200. The molecular formula is C15H17NO4. The molecule has 0 bridgehead atoms. The van der Waals surface area contributed by atoms with Crippen LogP contribution in [-0.2, 0) is 6.54 Å². The molecule has 0 aliphatic carbocycles. The first kappa shape index (κ1) is 13.9. The number of hydrogen-bond acceptors (Lipinski definition) is 5. The van der Waals surface area contributed by atoms with Gasteiger partial charge in [0.05, 0.1) is 14.2 Å². The van der Waals surface area contributed by atoms with Crippen LogP contribution >= 0.6 is 0 Å². The van der Waals surface area contributed by atoms with Crippen molar-refractivity contribution in [1.29, 1.82) is 0 Å². The average Bonchev–Trinajstić information content (AvgIpc) is 2.47. The van der Waals surface area contributed by atoms with Gasteiger partial charge in [-0.05, 0) is 42.0 Å². The van der Waals surface area contributed by atoms with Gasteiger partial charge >= 0.3 is 0 Å². The Kier molecular flexibility index (Phi) is 4.20. The summed E-state index contributed by atoms with van der Waals surface area (Å²) in [6, 6.07) is 10.3. The molecule has 2 aromatic rings. The van der Waals surface area contributed by atoms with Crippen LogP contribution in [0.2, 0.25) is 0 Å². The second kappa shape index (κ2) is 6.06. The molecule has 0 aliphatic heterocycles. The zero-order chi connectivity index (χ0) is 14.5. The number of hydrogen-bond donors (Lipinski definition) is 3. The van der Waals surface area contributed by atoms with Crippen molar-refractivity contribution in [3.8, 4) is 23.0 Å². The molecule has 0 saturated carbocycles. The molecule has 0 atom stereocenters. The first-order chi connectivity index (χ1) is 9.63. The van der Waals surface area contributed by atoms with Crippen LogP contribution in [-0.4, -0.2) is 24.4 Å². The molecule has 2 aromatic carbocycles. The van der Waals surface area contributed by atoms with E-state index in [-0.39, 0.29) is 11.5 Å². The topological polar surface area (TPSA) is 71.0 Å². The number of benzene rings is 2. The van der Waals surface area contributed by atoms with Gasteiger partial charge in [-0.2, -0.15) is 0 Å². The predicted molar refractivity (Wildman–Crippen MR) is 76.6 cm³/mol. The van der Waals surface area contributed by atoms with Crippen LogP contribution in [0.1, 0.15) is 5.56 Å². The lowest BCUT2D eigenvalue weighted by atomic mass is 10.1. The van der Waals surface area contributed by atoms with Crippen molar-refractivity contribution in [1.82, 2.24) is 0 Å². The summed E-state index contributed by atoms with van der Waals surface area (Å²) >= 11 is 0. The molecule has 0 heterocycles. The number of phenols is 2. The zero-order valence-corrected chi connectivity index (χ0v) is 11.4. The van der Waals surface area contributed by atoms with E-state index in [1.807, 2.05) is 0 Å². The first-order valence-corrected chi connectivity index (χ1v) is 6.11. The summed E-state index contributed by atoms with van der Waals surface area (Å²) in [5.74, 6) is 0.950. The molecule has 0 aromatic heterocycles. The van der Waals surface area contributed by atoms with Gasteiger partial charge in [-0.15, -0.1) is 0 Å². The van der Waals surface area contributed by atoms with Crippen molar-refractivity contribution in [3.05, 3.63) is 42.0 Å². The Bertz CT molecular complexity index is 556. The highest BCUT2D eigenvalue weighted by Gasteiger charge is 2.10. The molecule has 0 amide bonds. The second-order valence-corrected chi connectivity index (χ2v) is 4.25. The zero-order valence-electron chi connectivity index (χ0n) is 11.4. The molecule has 106 valence electrons. The molecule has 0 saturated heterocycles. The minimum atomic E-state index is -0.0108. The SMILES string of the molecule is COc1cc(CNc2ccc(O)cc2)cc(OC)c1O. The largest absolute Gasteiger partial charge is 0.508 e. The Morgan fingerprint density at radius 3 is 2.00 bits per heavy atom. The van der Waals surface area contributed by atoms with Crippen molar-refractivity contribution >= 4 is 5.69 Å². The van der Waals surface area contributed by atoms with E-state index in [4.69, 9.17) is 9.47 Å². The minimum absolute atomic E-state index is 0.0108. The Morgan fingerprint density at radius 1 is 0.950 bits per heavy atom. The maximum atomic E-state index is 9.83. The van der Waals surface area contributed by atoms with Crippen LogP contribution in [0.5, 0.6) is 23.0 Å². The van der Waals surface area contributed by atoms with Gasteiger partial charge in [0.25, 0.3) is 0 Å². The lowest BCUT2D eigenvalue weighted by Gasteiger charge is -2.12. The van der Waals surface area contributed by atoms with E-state index in [1.165, 1.54) is 14.2 Å². The summed E-state index contributed by atoms with van der Waals surface area (Å²) in [4.78, 5) is 0. The monoisotopic (exact) mass is 275 g/mol. The van der Waals surface area contributed by atoms with Crippen LogP contribution < -0.4 is 14.8 Å². The van der Waals surface area contributed by atoms with E-state index < -0.39 is 0 Å². The molecule has 3 N–H and O–H groups in total. The fourth-order valence-electron chi connectivity index (χ4n) is 1.83. The van der Waals surface area contributed by atoms with Gasteiger partial charge in [0, 0.05) is 12.2 Å². The Balaban J connectivity index is 2.14. The van der Waals surface area contributed by atoms with Crippen LogP contribution in [0.4, 0.5) is 5.69 Å². The summed E-state index contributed by atoms with van der Waals surface area (Å²) in [6.45, 7) is 0.539. The van der Waals surface area contributed by atoms with Gasteiger partial charge in [-0.1, -0.05) is 0 Å². The number of anilines is 1. The lowest BCUT2D eigenvalue weighted by Crippen LogP contribution is -2.00. The highest BCUT2D eigenvalue weighted by molar-refractivity contribution is 5.54. The number of rotatable bonds is 5. The Labute approximate surface area is 117 Å². The van der Waals surface area contributed by atoms with E-state index in [0.717, 1.165) is 11.3 Å². The van der Waals surface area contributed by atoms with E-state index in [9.17, 15) is 10.2 Å². The van der Waals surface area contributed by atoms with Crippen molar-refractivity contribution in [2.24, 2.45) is 0 Å². The Hall–Kier alpha value is -2.56. The van der Waals surface area contributed by atoms with Crippen LogP contribution in [0, 0.1) is 0 Å². The molecule has 0 radical (unpaired) electrons. The number of phenolic OH excluding ortho intramolecular Hbond substituents is 2. The molecule has 2 rings (SSSR count). The minimum Gasteiger partial charge on any atom is -0.508 e. The quantitative estimate of drug-likeness (QED) is 0.732. The van der Waals surface area contributed by atoms with Crippen molar-refractivity contribution in [2.75, 3.05) is 19.5 Å². The molecule has 5 nitrogen and oxygen atoms in total. The van der Waals surface area contributed by atoms with Crippen LogP contribution in [0.15, 0.2) is 36.4 Å². The number of ether oxygens (including phenoxy) is 2. The summed E-state index contributed by atoms with van der Waals surface area (Å²) < 4.78 is 10.2. The number of nitrogens with one attached hydrogen (secondary N) is 1. The molecule has 0 fully saturated rings. The number of aromatic hydroxyl groups is 2. The van der Waals surface area contributed by atoms with Gasteiger partial charge in [-0.25, -0.2) is 0 Å². The third-order valence-corrected chi connectivity index (χ3v) is 2.90. The average molecular weight is 275 g/mol. The third-order valence-electron chi connectivity index (χ3n) is 2.90.